The standard InChI is InChI=1S/C19H26N4O2S.C2HF3O2/c1-14-16(15(2)25-21-14)12-23-18(24)4-6-19(23)5-3-9-22(10-7-19)13-17-20-8-11-26-17;3-2(4,5)1(6)7/h8,11H,3-7,9-10,12-13H2,1-2H3;(H,6,7). The number of carbonyl (C=O) groups excluding carboxylic acids is 1. The Balaban J connectivity index is 0.000000383. The molecular weight excluding hydrogens is 461 g/mol. The van der Waals surface area contributed by atoms with E-state index in [4.69, 9.17) is 14.4 Å². The molecule has 0 saturated carbocycles. The van der Waals surface area contributed by atoms with Crippen molar-refractivity contribution in [3.05, 3.63) is 33.6 Å². The maximum Gasteiger partial charge on any atom is 0.490 e. The second kappa shape index (κ2) is 10.2. The quantitative estimate of drug-likeness (QED) is 0.696. The van der Waals surface area contributed by atoms with Crippen molar-refractivity contribution in [2.24, 2.45) is 0 Å². The van der Waals surface area contributed by atoms with Crippen molar-refractivity contribution in [1.29, 1.82) is 0 Å². The van der Waals surface area contributed by atoms with Crippen LogP contribution < -0.4 is 0 Å². The molecule has 0 aromatic carbocycles. The highest BCUT2D eigenvalue weighted by atomic mass is 32.1. The van der Waals surface area contributed by atoms with Crippen LogP contribution >= 0.6 is 11.3 Å². The second-order valence-electron chi connectivity index (χ2n) is 8.37. The van der Waals surface area contributed by atoms with Crippen LogP contribution in [0.2, 0.25) is 0 Å². The molecule has 0 radical (unpaired) electrons. The summed E-state index contributed by atoms with van der Waals surface area (Å²) in [5.74, 6) is -1.65. The fourth-order valence-corrected chi connectivity index (χ4v) is 5.11. The summed E-state index contributed by atoms with van der Waals surface area (Å²) in [6.45, 7) is 7.55. The number of aliphatic carboxylic acids is 1. The Morgan fingerprint density at radius 3 is 2.55 bits per heavy atom. The van der Waals surface area contributed by atoms with Gasteiger partial charge in [-0.3, -0.25) is 9.69 Å². The monoisotopic (exact) mass is 488 g/mol. The normalized spacial score (nSPS) is 21.7. The summed E-state index contributed by atoms with van der Waals surface area (Å²) in [7, 11) is 0. The van der Waals surface area contributed by atoms with Gasteiger partial charge < -0.3 is 14.5 Å². The van der Waals surface area contributed by atoms with E-state index in [1.807, 2.05) is 25.4 Å². The highest BCUT2D eigenvalue weighted by molar-refractivity contribution is 7.09. The molecule has 8 nitrogen and oxygen atoms in total. The molecule has 2 aromatic rings. The van der Waals surface area contributed by atoms with Gasteiger partial charge in [-0.2, -0.15) is 13.2 Å². The lowest BCUT2D eigenvalue weighted by atomic mass is 9.87. The minimum Gasteiger partial charge on any atom is -0.475 e. The van der Waals surface area contributed by atoms with Crippen LogP contribution in [-0.4, -0.2) is 61.7 Å². The van der Waals surface area contributed by atoms with Crippen LogP contribution in [0.1, 0.15) is 54.1 Å². The third kappa shape index (κ3) is 6.11. The summed E-state index contributed by atoms with van der Waals surface area (Å²) >= 11 is 1.72. The first-order valence-corrected chi connectivity index (χ1v) is 11.5. The first-order chi connectivity index (χ1) is 15.5. The Hall–Kier alpha value is -2.47. The second-order valence-corrected chi connectivity index (χ2v) is 9.34. The van der Waals surface area contributed by atoms with Crippen LogP contribution in [0.3, 0.4) is 0 Å². The van der Waals surface area contributed by atoms with E-state index in [0.29, 0.717) is 13.0 Å². The average Bonchev–Trinajstić information content (AvgIpc) is 3.39. The zero-order valence-corrected chi connectivity index (χ0v) is 19.3. The van der Waals surface area contributed by atoms with E-state index in [-0.39, 0.29) is 11.4 Å². The topological polar surface area (TPSA) is 99.8 Å². The number of alkyl halides is 3. The van der Waals surface area contributed by atoms with E-state index < -0.39 is 12.1 Å². The average molecular weight is 489 g/mol. The molecule has 2 saturated heterocycles. The molecule has 4 rings (SSSR count). The lowest BCUT2D eigenvalue weighted by molar-refractivity contribution is -0.192. The summed E-state index contributed by atoms with van der Waals surface area (Å²) < 4.78 is 37.1. The van der Waals surface area contributed by atoms with Crippen molar-refractivity contribution in [1.82, 2.24) is 19.9 Å². The number of aryl methyl sites for hydroxylation is 2. The number of rotatable bonds is 4. The zero-order valence-electron chi connectivity index (χ0n) is 18.5. The highest BCUT2D eigenvalue weighted by Crippen LogP contribution is 2.40. The molecule has 4 heterocycles. The lowest BCUT2D eigenvalue weighted by Crippen LogP contribution is -2.46. The van der Waals surface area contributed by atoms with Crippen LogP contribution in [-0.2, 0) is 22.7 Å². The predicted octanol–water partition coefficient (Wildman–Crippen LogP) is 3.93. The fraction of sp³-hybridized carbons (Fsp3) is 0.619. The SMILES string of the molecule is Cc1noc(C)c1CN1C(=O)CCC12CCCN(Cc1nccs1)CC2.O=C(O)C(F)(F)F. The molecular formula is C21H27F3N4O4S. The summed E-state index contributed by atoms with van der Waals surface area (Å²) in [5, 5.41) is 14.4. The number of amides is 1. The highest BCUT2D eigenvalue weighted by Gasteiger charge is 2.46. The molecule has 33 heavy (non-hydrogen) atoms. The van der Waals surface area contributed by atoms with Crippen LogP contribution in [0.4, 0.5) is 13.2 Å². The largest absolute Gasteiger partial charge is 0.490 e. The van der Waals surface area contributed by atoms with Gasteiger partial charge in [0.15, 0.2) is 0 Å². The van der Waals surface area contributed by atoms with Crippen molar-refractivity contribution < 1.29 is 32.4 Å². The van der Waals surface area contributed by atoms with E-state index in [1.54, 1.807) is 11.3 Å². The van der Waals surface area contributed by atoms with Gasteiger partial charge >= 0.3 is 12.1 Å². The number of halogens is 3. The first kappa shape index (κ1) is 25.2. The summed E-state index contributed by atoms with van der Waals surface area (Å²) in [4.78, 5) is 30.6. The van der Waals surface area contributed by atoms with E-state index in [0.717, 1.165) is 62.3 Å². The summed E-state index contributed by atoms with van der Waals surface area (Å²) in [6, 6.07) is 0. The molecule has 1 amide bonds. The number of hydrogen-bond donors (Lipinski definition) is 1. The van der Waals surface area contributed by atoms with Gasteiger partial charge in [0.2, 0.25) is 5.91 Å². The van der Waals surface area contributed by atoms with Gasteiger partial charge in [0.05, 0.1) is 18.8 Å². The smallest absolute Gasteiger partial charge is 0.475 e. The Morgan fingerprint density at radius 2 is 1.97 bits per heavy atom. The Bertz CT molecular complexity index is 944. The molecule has 2 aliphatic rings. The van der Waals surface area contributed by atoms with E-state index in [1.165, 1.54) is 5.01 Å². The van der Waals surface area contributed by atoms with Crippen LogP contribution in [0, 0.1) is 13.8 Å². The van der Waals surface area contributed by atoms with Gasteiger partial charge in [-0.15, -0.1) is 11.3 Å². The van der Waals surface area contributed by atoms with Crippen LogP contribution in [0.5, 0.6) is 0 Å². The number of likely N-dealkylation sites (tertiary alicyclic amines) is 2. The number of carboxylic acid groups (broad SMARTS) is 1. The molecule has 1 N–H and O–H groups in total. The van der Waals surface area contributed by atoms with Gasteiger partial charge in [-0.05, 0) is 46.1 Å². The van der Waals surface area contributed by atoms with Gasteiger partial charge in [-0.1, -0.05) is 5.16 Å². The number of thiazole rings is 1. The summed E-state index contributed by atoms with van der Waals surface area (Å²) in [5.41, 5.74) is 1.96. The maximum atomic E-state index is 12.7. The molecule has 1 unspecified atom stereocenters. The molecule has 182 valence electrons. The van der Waals surface area contributed by atoms with E-state index in [9.17, 15) is 18.0 Å². The van der Waals surface area contributed by atoms with Crippen molar-refractivity contribution in [3.8, 4) is 0 Å². The van der Waals surface area contributed by atoms with Crippen LogP contribution in [0.25, 0.3) is 0 Å². The van der Waals surface area contributed by atoms with Crippen molar-refractivity contribution in [2.45, 2.75) is 70.8 Å². The van der Waals surface area contributed by atoms with Crippen molar-refractivity contribution in [2.75, 3.05) is 13.1 Å². The maximum absolute atomic E-state index is 12.7. The Morgan fingerprint density at radius 1 is 1.24 bits per heavy atom. The molecule has 0 bridgehead atoms. The molecule has 12 heteroatoms. The Labute approximate surface area is 193 Å². The van der Waals surface area contributed by atoms with E-state index in [2.05, 4.69) is 19.9 Å². The van der Waals surface area contributed by atoms with Gasteiger partial charge in [-0.25, -0.2) is 9.78 Å². The summed E-state index contributed by atoms with van der Waals surface area (Å²) in [6.07, 6.45) is 1.66. The minimum atomic E-state index is -5.08. The van der Waals surface area contributed by atoms with Gasteiger partial charge in [0, 0.05) is 35.6 Å². The van der Waals surface area contributed by atoms with Crippen LogP contribution in [0.15, 0.2) is 16.1 Å². The molecule has 1 atom stereocenters. The van der Waals surface area contributed by atoms with Crippen molar-refractivity contribution >= 4 is 23.2 Å². The minimum absolute atomic E-state index is 0.00907. The third-order valence-electron chi connectivity index (χ3n) is 6.27. The molecule has 2 fully saturated rings. The fourth-order valence-electron chi connectivity index (χ4n) is 4.45. The number of nitrogens with zero attached hydrogens (tertiary/aromatic N) is 4. The first-order valence-electron chi connectivity index (χ1n) is 10.6. The predicted molar refractivity (Wildman–Crippen MR) is 113 cm³/mol. The van der Waals surface area contributed by atoms with Crippen molar-refractivity contribution in [3.63, 3.8) is 0 Å². The number of carbonyl (C=O) groups is 2. The Kier molecular flexibility index (Phi) is 7.78. The van der Waals surface area contributed by atoms with E-state index >= 15 is 0 Å². The molecule has 2 aromatic heterocycles. The molecule has 2 aliphatic heterocycles. The number of aromatic nitrogens is 2. The van der Waals surface area contributed by atoms with Gasteiger partial charge in [0.25, 0.3) is 0 Å². The van der Waals surface area contributed by atoms with Gasteiger partial charge in [0.1, 0.15) is 10.8 Å². The number of hydrogen-bond acceptors (Lipinski definition) is 7. The zero-order chi connectivity index (χ0) is 24.2. The third-order valence-corrected chi connectivity index (χ3v) is 7.03. The lowest BCUT2D eigenvalue weighted by Gasteiger charge is -2.38. The molecule has 1 spiro atoms. The number of carboxylic acids is 1. The molecule has 0 aliphatic carbocycles.